The number of ether oxygens (including phenoxy) is 1. The molecule has 1 N–H and O–H groups in total. The van der Waals surface area contributed by atoms with Gasteiger partial charge in [-0.3, -0.25) is 14.4 Å². The molecule has 4 heterocycles. The fourth-order valence-corrected chi connectivity index (χ4v) is 7.27. The molecule has 1 unspecified atom stereocenters. The van der Waals surface area contributed by atoms with Crippen molar-refractivity contribution in [3.63, 3.8) is 0 Å². The molecule has 8 nitrogen and oxygen atoms in total. The Morgan fingerprint density at radius 2 is 1.71 bits per heavy atom. The van der Waals surface area contributed by atoms with E-state index in [-0.39, 0.29) is 36.8 Å². The van der Waals surface area contributed by atoms with Crippen molar-refractivity contribution in [1.82, 2.24) is 9.80 Å². The van der Waals surface area contributed by atoms with Gasteiger partial charge >= 0.3 is 0 Å². The summed E-state index contributed by atoms with van der Waals surface area (Å²) < 4.78 is 6.75. The Kier molecular flexibility index (Phi) is 7.72. The predicted molar refractivity (Wildman–Crippen MR) is 159 cm³/mol. The summed E-state index contributed by atoms with van der Waals surface area (Å²) in [7, 11) is 0. The molecule has 6 atom stereocenters. The van der Waals surface area contributed by atoms with Crippen LogP contribution in [0, 0.1) is 17.8 Å². The number of amides is 3. The van der Waals surface area contributed by atoms with Crippen molar-refractivity contribution in [1.29, 1.82) is 0 Å². The van der Waals surface area contributed by atoms with E-state index in [0.29, 0.717) is 30.2 Å². The third-order valence-electron chi connectivity index (χ3n) is 8.88. The summed E-state index contributed by atoms with van der Waals surface area (Å²) in [5.74, 6) is -2.36. The van der Waals surface area contributed by atoms with E-state index < -0.39 is 35.6 Å². The molecule has 0 bridgehead atoms. The van der Waals surface area contributed by atoms with Gasteiger partial charge in [-0.05, 0) is 42.2 Å². The highest BCUT2D eigenvalue weighted by molar-refractivity contribution is 6.30. The summed E-state index contributed by atoms with van der Waals surface area (Å²) in [6.45, 7) is 4.80. The molecule has 2 fully saturated rings. The van der Waals surface area contributed by atoms with Gasteiger partial charge < -0.3 is 24.5 Å². The maximum absolute atomic E-state index is 14.6. The number of likely N-dealkylation sites (tertiary alicyclic amines) is 1. The number of halogens is 1. The zero-order valence-corrected chi connectivity index (χ0v) is 24.6. The van der Waals surface area contributed by atoms with E-state index in [1.807, 2.05) is 68.5 Å². The number of nitrogens with zero attached hydrogens (tertiary/aromatic N) is 3. The van der Waals surface area contributed by atoms with Crippen LogP contribution in [0.2, 0.25) is 5.02 Å². The fourth-order valence-electron chi connectivity index (χ4n) is 7.14. The number of aliphatic hydroxyl groups is 1. The second-order valence-corrected chi connectivity index (χ2v) is 12.5. The first kappa shape index (κ1) is 28.6. The topological polar surface area (TPSA) is 90.4 Å². The highest BCUT2D eigenvalue weighted by atomic mass is 35.5. The first-order chi connectivity index (χ1) is 20.2. The molecule has 0 aliphatic carbocycles. The molecule has 1 spiro atoms. The summed E-state index contributed by atoms with van der Waals surface area (Å²) in [5.41, 5.74) is 0.276. The van der Waals surface area contributed by atoms with E-state index >= 15 is 0 Å². The van der Waals surface area contributed by atoms with Crippen LogP contribution in [0.3, 0.4) is 0 Å². The Balaban J connectivity index is 1.43. The van der Waals surface area contributed by atoms with Crippen LogP contribution in [-0.2, 0) is 25.7 Å². The van der Waals surface area contributed by atoms with E-state index in [1.54, 1.807) is 34.1 Å². The molecule has 2 saturated heterocycles. The van der Waals surface area contributed by atoms with Gasteiger partial charge in [-0.25, -0.2) is 0 Å². The van der Waals surface area contributed by atoms with Crippen LogP contribution in [0.1, 0.15) is 25.8 Å². The number of aliphatic hydroxyl groups excluding tert-OH is 1. The molecule has 42 heavy (non-hydrogen) atoms. The number of anilines is 1. The number of rotatable bonds is 7. The zero-order valence-electron chi connectivity index (χ0n) is 23.8. The second kappa shape index (κ2) is 11.3. The highest BCUT2D eigenvalue weighted by Gasteiger charge is 2.72. The Bertz CT molecular complexity index is 1410. The average molecular weight is 590 g/mol. The first-order valence-electron chi connectivity index (χ1n) is 14.6. The molecular weight excluding hydrogens is 554 g/mol. The second-order valence-electron chi connectivity index (χ2n) is 12.0. The summed E-state index contributed by atoms with van der Waals surface area (Å²) in [6.07, 6.45) is 7.31. The van der Waals surface area contributed by atoms with Gasteiger partial charge in [-0.15, -0.1) is 0 Å². The normalized spacial score (nSPS) is 29.5. The first-order valence-corrected chi connectivity index (χ1v) is 15.0. The summed E-state index contributed by atoms with van der Waals surface area (Å²) in [6, 6.07) is 15.1. The number of carbonyl (C=O) groups excluding carboxylic acids is 3. The number of carbonyl (C=O) groups is 3. The van der Waals surface area contributed by atoms with Gasteiger partial charge in [0.25, 0.3) is 5.91 Å². The van der Waals surface area contributed by atoms with Crippen molar-refractivity contribution in [3.8, 4) is 0 Å². The van der Waals surface area contributed by atoms with Crippen molar-refractivity contribution < 1.29 is 24.2 Å². The molecule has 0 radical (unpaired) electrons. The van der Waals surface area contributed by atoms with Crippen molar-refractivity contribution in [2.24, 2.45) is 17.8 Å². The molecule has 220 valence electrons. The molecule has 6 rings (SSSR count). The smallest absolute Gasteiger partial charge is 0.253 e. The Labute approximate surface area is 251 Å². The third-order valence-corrected chi connectivity index (χ3v) is 9.13. The molecule has 4 aliphatic rings. The number of benzene rings is 2. The molecule has 2 aromatic carbocycles. The maximum Gasteiger partial charge on any atom is 0.253 e. The number of fused-ring (bicyclic) bond motifs is 2. The Morgan fingerprint density at radius 1 is 0.976 bits per heavy atom. The molecule has 9 heteroatoms. The van der Waals surface area contributed by atoms with Gasteiger partial charge in [-0.2, -0.15) is 0 Å². The third kappa shape index (κ3) is 4.75. The largest absolute Gasteiger partial charge is 0.394 e. The number of hydrogen-bond donors (Lipinski definition) is 1. The maximum atomic E-state index is 14.6. The van der Waals surface area contributed by atoms with Gasteiger partial charge in [0.2, 0.25) is 11.8 Å². The lowest BCUT2D eigenvalue weighted by molar-refractivity contribution is -0.147. The van der Waals surface area contributed by atoms with Crippen molar-refractivity contribution >= 4 is 35.0 Å². The van der Waals surface area contributed by atoms with Crippen LogP contribution in [0.15, 0.2) is 78.9 Å². The van der Waals surface area contributed by atoms with Crippen LogP contribution in [0.5, 0.6) is 0 Å². The summed E-state index contributed by atoms with van der Waals surface area (Å²) in [4.78, 5) is 48.3. The van der Waals surface area contributed by atoms with Gasteiger partial charge in [0.05, 0.1) is 30.6 Å². The van der Waals surface area contributed by atoms with Gasteiger partial charge in [-0.1, -0.05) is 80.1 Å². The zero-order chi connectivity index (χ0) is 29.6. The van der Waals surface area contributed by atoms with Gasteiger partial charge in [0, 0.05) is 30.3 Å². The molecule has 0 aromatic heterocycles. The predicted octanol–water partition coefficient (Wildman–Crippen LogP) is 3.83. The highest BCUT2D eigenvalue weighted by Crippen LogP contribution is 2.54. The summed E-state index contributed by atoms with van der Waals surface area (Å²) >= 11 is 6.13. The lowest BCUT2D eigenvalue weighted by Gasteiger charge is -2.39. The minimum Gasteiger partial charge on any atom is -0.394 e. The van der Waals surface area contributed by atoms with Crippen LogP contribution in [-0.4, -0.2) is 76.1 Å². The quantitative estimate of drug-likeness (QED) is 0.496. The molecule has 0 saturated carbocycles. The van der Waals surface area contributed by atoms with Crippen molar-refractivity contribution in [2.75, 3.05) is 24.6 Å². The Hall–Kier alpha value is -3.46. The van der Waals surface area contributed by atoms with Crippen LogP contribution >= 0.6 is 11.6 Å². The Morgan fingerprint density at radius 3 is 2.40 bits per heavy atom. The standard InChI is InChI=1S/C33H36ClN3O5/c1-21(2)18-25(20-38)37-29-32(41)36(24-13-11-23(34)12-14-24)17-7-15-33(29)28(31(37)40)27-26(42-33)10-6-16-35(30(27)39)19-22-8-4-3-5-9-22/h3-15,21,25-29,38H,16-20H2,1-2H3/t25-,26-,27+,28+,29?,33+/m1/s1. The number of hydrogen-bond acceptors (Lipinski definition) is 5. The molecular formula is C33H36ClN3O5. The SMILES string of the molecule is CC(C)C[C@H](CO)N1C(=O)[C@@H]2[C@H]3C(=O)N(Cc4ccccc4)CC=C[C@H]3O[C@@]23C=CCN(c2ccc(Cl)cc2)C(=O)C13. The van der Waals surface area contributed by atoms with E-state index in [9.17, 15) is 19.5 Å². The van der Waals surface area contributed by atoms with Crippen LogP contribution in [0.4, 0.5) is 5.69 Å². The molecule has 2 aromatic rings. The minimum atomic E-state index is -1.36. The summed E-state index contributed by atoms with van der Waals surface area (Å²) in [5, 5.41) is 11.1. The van der Waals surface area contributed by atoms with Crippen LogP contribution in [0.25, 0.3) is 0 Å². The van der Waals surface area contributed by atoms with Crippen LogP contribution < -0.4 is 4.90 Å². The minimum absolute atomic E-state index is 0.160. The average Bonchev–Trinajstić information content (AvgIpc) is 3.30. The van der Waals surface area contributed by atoms with E-state index in [4.69, 9.17) is 16.3 Å². The van der Waals surface area contributed by atoms with E-state index in [0.717, 1.165) is 5.56 Å². The fraction of sp³-hybridized carbons (Fsp3) is 0.424. The van der Waals surface area contributed by atoms with Gasteiger partial charge in [0.1, 0.15) is 11.6 Å². The monoisotopic (exact) mass is 589 g/mol. The van der Waals surface area contributed by atoms with Gasteiger partial charge in [0.15, 0.2) is 0 Å². The lowest BCUT2D eigenvalue weighted by atomic mass is 9.77. The van der Waals surface area contributed by atoms with Crippen molar-refractivity contribution in [2.45, 2.75) is 50.6 Å². The lowest BCUT2D eigenvalue weighted by Crippen LogP contribution is -2.58. The van der Waals surface area contributed by atoms with E-state index in [1.165, 1.54) is 4.90 Å². The van der Waals surface area contributed by atoms with E-state index in [2.05, 4.69) is 0 Å². The van der Waals surface area contributed by atoms with Crippen molar-refractivity contribution in [3.05, 3.63) is 89.5 Å². The molecule has 4 aliphatic heterocycles. The molecule has 3 amide bonds.